The van der Waals surface area contributed by atoms with Gasteiger partial charge in [0.05, 0.1) is 5.60 Å². The van der Waals surface area contributed by atoms with Crippen LogP contribution < -0.4 is 4.78 Å². The number of fused-ring (bicyclic) bond motifs is 1. The lowest BCUT2D eigenvalue weighted by atomic mass is 9.83. The molecule has 1 aromatic heterocycles. The fraction of sp³-hybridized carbons (Fsp3) is 0.600. The van der Waals surface area contributed by atoms with Crippen LogP contribution in [0.5, 0.6) is 0 Å². The summed E-state index contributed by atoms with van der Waals surface area (Å²) in [5.41, 5.74) is -0.0163. The summed E-state index contributed by atoms with van der Waals surface area (Å²) < 4.78 is 13.0. The molecule has 2 unspecified atom stereocenters. The van der Waals surface area contributed by atoms with E-state index in [1.54, 1.807) is 11.3 Å². The van der Waals surface area contributed by atoms with Crippen LogP contribution in [-0.2, 0) is 9.31 Å². The first-order valence-electron chi connectivity index (χ1n) is 5.03. The van der Waals surface area contributed by atoms with Gasteiger partial charge in [0.2, 0.25) is 0 Å². The molecule has 0 bridgehead atoms. The van der Waals surface area contributed by atoms with E-state index in [0.29, 0.717) is 12.0 Å². The van der Waals surface area contributed by atoms with Crippen molar-refractivity contribution < 1.29 is 9.31 Å². The Bertz CT molecular complexity index is 336. The molecule has 2 nitrogen and oxygen atoms in total. The first kappa shape index (κ1) is 8.95. The molecule has 14 heavy (non-hydrogen) atoms. The zero-order valence-electron chi connectivity index (χ0n) is 8.40. The Morgan fingerprint density at radius 3 is 3.07 bits per heavy atom. The molecule has 4 heteroatoms. The fourth-order valence-corrected chi connectivity index (χ4v) is 2.84. The van der Waals surface area contributed by atoms with Crippen molar-refractivity contribution in [2.24, 2.45) is 5.92 Å². The Kier molecular flexibility index (Phi) is 1.82. The topological polar surface area (TPSA) is 18.5 Å². The van der Waals surface area contributed by atoms with Gasteiger partial charge in [0.25, 0.3) is 0 Å². The molecule has 1 aliphatic carbocycles. The van der Waals surface area contributed by atoms with Crippen LogP contribution in [0.2, 0.25) is 0 Å². The first-order valence-corrected chi connectivity index (χ1v) is 5.91. The van der Waals surface area contributed by atoms with Crippen LogP contribution in [0.3, 0.4) is 0 Å². The van der Waals surface area contributed by atoms with Gasteiger partial charge in [-0.3, -0.25) is 0 Å². The lowest BCUT2D eigenvalue weighted by Crippen LogP contribution is -2.48. The normalized spacial score (nSPS) is 34.0. The minimum absolute atomic E-state index is 0.0163. The van der Waals surface area contributed by atoms with Crippen LogP contribution in [-0.4, -0.2) is 18.8 Å². The maximum Gasteiger partial charge on any atom is 0.505 e. The van der Waals surface area contributed by atoms with Crippen molar-refractivity contribution in [1.82, 2.24) is 0 Å². The molecule has 2 fully saturated rings. The third-order valence-corrected chi connectivity index (χ3v) is 4.00. The third kappa shape index (κ3) is 1.33. The fourth-order valence-electron chi connectivity index (χ4n) is 2.15. The van der Waals surface area contributed by atoms with Crippen LogP contribution >= 0.6 is 11.3 Å². The van der Waals surface area contributed by atoms with E-state index in [1.807, 2.05) is 6.07 Å². The summed E-state index contributed by atoms with van der Waals surface area (Å²) in [5.74, 6) is 0.610. The van der Waals surface area contributed by atoms with Gasteiger partial charge >= 0.3 is 7.12 Å². The Hall–Kier alpha value is -0.315. The minimum Gasteiger partial charge on any atom is -0.404 e. The molecule has 2 heterocycles. The maximum atomic E-state index is 5.96. The summed E-state index contributed by atoms with van der Waals surface area (Å²) in [6, 6.07) is 4.12. The average Bonchev–Trinajstić information content (AvgIpc) is 2.73. The van der Waals surface area contributed by atoms with Crippen LogP contribution in [0, 0.1) is 5.92 Å². The van der Waals surface area contributed by atoms with Gasteiger partial charge in [-0.25, -0.2) is 0 Å². The number of hydrogen-bond acceptors (Lipinski definition) is 3. The molecule has 1 aromatic rings. The maximum absolute atomic E-state index is 5.96. The summed E-state index contributed by atoms with van der Waals surface area (Å²) >= 11 is 1.70. The van der Waals surface area contributed by atoms with Crippen molar-refractivity contribution in [1.29, 1.82) is 0 Å². The van der Waals surface area contributed by atoms with Crippen molar-refractivity contribution in [2.45, 2.75) is 32.0 Å². The number of thiophene rings is 1. The van der Waals surface area contributed by atoms with Crippen molar-refractivity contribution in [3.05, 3.63) is 17.5 Å². The molecule has 1 saturated carbocycles. The second-order valence-electron chi connectivity index (χ2n) is 4.59. The van der Waals surface area contributed by atoms with Crippen molar-refractivity contribution in [2.75, 3.05) is 0 Å². The van der Waals surface area contributed by atoms with Gasteiger partial charge in [-0.05, 0) is 25.6 Å². The van der Waals surface area contributed by atoms with E-state index in [4.69, 9.17) is 9.31 Å². The molecular weight excluding hydrogens is 195 g/mol. The summed E-state index contributed by atoms with van der Waals surface area (Å²) in [4.78, 5) is 0. The minimum atomic E-state index is -0.131. The zero-order valence-corrected chi connectivity index (χ0v) is 9.21. The molecule has 2 atom stereocenters. The standard InChI is InChI=1S/C10H13BO2S/c1-10(2)7-6-8(7)12-11(13-10)9-4-3-5-14-9/h3-5,7-8H,6H2,1-2H3. The monoisotopic (exact) mass is 208 g/mol. The molecule has 0 N–H and O–H groups in total. The average molecular weight is 208 g/mol. The Morgan fingerprint density at radius 2 is 2.43 bits per heavy atom. The highest BCUT2D eigenvalue weighted by molar-refractivity contribution is 7.20. The van der Waals surface area contributed by atoms with Gasteiger partial charge in [0.1, 0.15) is 0 Å². The van der Waals surface area contributed by atoms with E-state index >= 15 is 0 Å². The Morgan fingerprint density at radius 1 is 1.57 bits per heavy atom. The SMILES string of the molecule is CC1(C)OB(c2cccs2)OC2CC21. The smallest absolute Gasteiger partial charge is 0.404 e. The van der Waals surface area contributed by atoms with Gasteiger partial charge in [0, 0.05) is 16.8 Å². The van der Waals surface area contributed by atoms with E-state index in [1.165, 1.54) is 4.78 Å². The summed E-state index contributed by atoms with van der Waals surface area (Å²) in [6.07, 6.45) is 1.60. The molecule has 0 radical (unpaired) electrons. The molecule has 74 valence electrons. The highest BCUT2D eigenvalue weighted by atomic mass is 32.1. The van der Waals surface area contributed by atoms with Crippen molar-refractivity contribution >= 4 is 23.2 Å². The first-order chi connectivity index (χ1) is 6.67. The quantitative estimate of drug-likeness (QED) is 0.653. The molecule has 1 saturated heterocycles. The van der Waals surface area contributed by atoms with E-state index in [9.17, 15) is 0 Å². The Balaban J connectivity index is 1.83. The van der Waals surface area contributed by atoms with E-state index in [0.717, 1.165) is 6.42 Å². The molecule has 1 aliphatic heterocycles. The van der Waals surface area contributed by atoms with Gasteiger partial charge < -0.3 is 9.31 Å². The van der Waals surface area contributed by atoms with Gasteiger partial charge in [-0.15, -0.1) is 0 Å². The number of hydrogen-bond donors (Lipinski definition) is 0. The highest BCUT2D eigenvalue weighted by Crippen LogP contribution is 2.48. The molecule has 0 amide bonds. The summed E-state index contributed by atoms with van der Waals surface area (Å²) in [7, 11) is -0.131. The van der Waals surface area contributed by atoms with E-state index in [2.05, 4.69) is 25.3 Å². The van der Waals surface area contributed by atoms with Crippen LogP contribution in [0.4, 0.5) is 0 Å². The molecule has 0 aromatic carbocycles. The Labute approximate surface area is 88.4 Å². The van der Waals surface area contributed by atoms with E-state index in [-0.39, 0.29) is 12.7 Å². The van der Waals surface area contributed by atoms with Crippen LogP contribution in [0.15, 0.2) is 17.5 Å². The highest BCUT2D eigenvalue weighted by Gasteiger charge is 2.56. The largest absolute Gasteiger partial charge is 0.505 e. The van der Waals surface area contributed by atoms with Crippen molar-refractivity contribution in [3.63, 3.8) is 0 Å². The molecule has 0 spiro atoms. The summed E-state index contributed by atoms with van der Waals surface area (Å²) in [5, 5.41) is 2.06. The lowest BCUT2D eigenvalue weighted by molar-refractivity contribution is 0.00284. The lowest BCUT2D eigenvalue weighted by Gasteiger charge is -2.33. The number of rotatable bonds is 1. The molecular formula is C10H13BO2S. The molecule has 2 aliphatic rings. The van der Waals surface area contributed by atoms with E-state index < -0.39 is 0 Å². The molecule has 3 rings (SSSR count). The second kappa shape index (κ2) is 2.84. The zero-order chi connectivity index (χ0) is 9.76. The predicted octanol–water partition coefficient (Wildman–Crippen LogP) is 1.66. The van der Waals surface area contributed by atoms with Crippen LogP contribution in [0.25, 0.3) is 0 Å². The van der Waals surface area contributed by atoms with Gasteiger partial charge in [-0.1, -0.05) is 12.1 Å². The second-order valence-corrected chi connectivity index (χ2v) is 5.56. The predicted molar refractivity (Wildman–Crippen MR) is 57.9 cm³/mol. The summed E-state index contributed by atoms with van der Waals surface area (Å²) in [6.45, 7) is 4.33. The van der Waals surface area contributed by atoms with Gasteiger partial charge in [-0.2, -0.15) is 11.3 Å². The van der Waals surface area contributed by atoms with Gasteiger partial charge in [0.15, 0.2) is 0 Å². The van der Waals surface area contributed by atoms with Crippen LogP contribution in [0.1, 0.15) is 20.3 Å². The third-order valence-electron chi connectivity index (χ3n) is 3.11. The van der Waals surface area contributed by atoms with Crippen molar-refractivity contribution in [3.8, 4) is 0 Å².